The Morgan fingerprint density at radius 1 is 1.00 bits per heavy atom. The average molecular weight is 540 g/mol. The fourth-order valence-corrected chi connectivity index (χ4v) is 5.12. The highest BCUT2D eigenvalue weighted by Gasteiger charge is 2.22. The maximum atomic E-state index is 13.7. The van der Waals surface area contributed by atoms with E-state index in [1.165, 1.54) is 11.3 Å². The average Bonchev–Trinajstić information content (AvgIpc) is 3.35. The number of methoxy groups -OCH3 is 1. The van der Waals surface area contributed by atoms with Crippen LogP contribution in [0.2, 0.25) is 0 Å². The zero-order chi connectivity index (χ0) is 24.7. The zero-order valence-electron chi connectivity index (χ0n) is 20.7. The van der Waals surface area contributed by atoms with Gasteiger partial charge in [-0.1, -0.05) is 29.5 Å². The van der Waals surface area contributed by atoms with Crippen molar-refractivity contribution in [1.29, 1.82) is 0 Å². The fraction of sp³-hybridized carbons (Fsp3) is 0.286. The van der Waals surface area contributed by atoms with E-state index < -0.39 is 0 Å². The van der Waals surface area contributed by atoms with Crippen LogP contribution in [0.15, 0.2) is 72.8 Å². The number of aromatic nitrogens is 1. The number of hydrogen-bond donors (Lipinski definition) is 0. The number of fused-ring (bicyclic) bond motifs is 1. The largest absolute Gasteiger partial charge is 0.497 e. The monoisotopic (exact) mass is 539 g/mol. The van der Waals surface area contributed by atoms with Gasteiger partial charge in [-0.2, -0.15) is 0 Å². The molecule has 1 aromatic heterocycles. The summed E-state index contributed by atoms with van der Waals surface area (Å²) in [5.74, 6) is 2.11. The third kappa shape index (κ3) is 6.78. The van der Waals surface area contributed by atoms with E-state index in [1.54, 1.807) is 12.0 Å². The first kappa shape index (κ1) is 26.9. The molecule has 1 saturated heterocycles. The summed E-state index contributed by atoms with van der Waals surface area (Å²) < 4.78 is 17.7. The van der Waals surface area contributed by atoms with Gasteiger partial charge in [-0.3, -0.25) is 14.6 Å². The molecule has 0 aliphatic carbocycles. The molecule has 1 amide bonds. The van der Waals surface area contributed by atoms with E-state index in [-0.39, 0.29) is 18.3 Å². The lowest BCUT2D eigenvalue weighted by atomic mass is 10.2. The van der Waals surface area contributed by atoms with Crippen molar-refractivity contribution < 1.29 is 19.0 Å². The Kier molecular flexibility index (Phi) is 9.35. The van der Waals surface area contributed by atoms with Crippen LogP contribution in [-0.4, -0.2) is 62.3 Å². The van der Waals surface area contributed by atoms with Crippen LogP contribution in [-0.2, 0) is 4.74 Å². The van der Waals surface area contributed by atoms with Crippen molar-refractivity contribution in [2.45, 2.75) is 6.42 Å². The molecule has 194 valence electrons. The molecule has 4 aromatic rings. The zero-order valence-corrected chi connectivity index (χ0v) is 22.3. The number of carbonyl (C=O) groups is 1. The first-order valence-electron chi connectivity index (χ1n) is 12.1. The molecule has 0 radical (unpaired) electrons. The van der Waals surface area contributed by atoms with Gasteiger partial charge in [0.05, 0.1) is 30.5 Å². The summed E-state index contributed by atoms with van der Waals surface area (Å²) in [6, 6.07) is 22.7. The van der Waals surface area contributed by atoms with Crippen LogP contribution in [0.5, 0.6) is 17.2 Å². The van der Waals surface area contributed by atoms with E-state index in [0.717, 1.165) is 61.0 Å². The third-order valence-electron chi connectivity index (χ3n) is 6.10. The quantitative estimate of drug-likeness (QED) is 0.264. The molecule has 1 aliphatic heterocycles. The molecule has 9 heteroatoms. The van der Waals surface area contributed by atoms with E-state index in [2.05, 4.69) is 4.90 Å². The second-order valence-electron chi connectivity index (χ2n) is 8.53. The van der Waals surface area contributed by atoms with Gasteiger partial charge < -0.3 is 14.2 Å². The number of morpholine rings is 1. The standard InChI is InChI=1S/C28H29N3O4S.ClH/c1-33-24-12-13-26-25(20-24)29-28(36-26)31(15-5-14-30-16-18-34-19-17-30)27(32)21-8-10-23(11-9-21)35-22-6-3-2-4-7-22;/h2-4,6-13,20H,5,14-19H2,1H3;1H. The number of amides is 1. The van der Waals surface area contributed by atoms with Crippen LogP contribution in [0, 0.1) is 0 Å². The predicted molar refractivity (Wildman–Crippen MR) is 150 cm³/mol. The van der Waals surface area contributed by atoms with E-state index >= 15 is 0 Å². The Balaban J connectivity index is 0.00000320. The molecule has 1 aliphatic rings. The summed E-state index contributed by atoms with van der Waals surface area (Å²) >= 11 is 1.52. The van der Waals surface area contributed by atoms with Crippen molar-refractivity contribution in [3.8, 4) is 17.2 Å². The van der Waals surface area contributed by atoms with Gasteiger partial charge in [0.2, 0.25) is 0 Å². The van der Waals surface area contributed by atoms with Crippen molar-refractivity contribution in [3.05, 3.63) is 78.4 Å². The Labute approximate surface area is 227 Å². The molecule has 0 spiro atoms. The highest BCUT2D eigenvalue weighted by atomic mass is 35.5. The molecule has 0 bridgehead atoms. The number of thiazole rings is 1. The normalized spacial score (nSPS) is 13.6. The number of carbonyl (C=O) groups excluding carboxylic acids is 1. The minimum absolute atomic E-state index is 0. The number of hydrogen-bond acceptors (Lipinski definition) is 7. The molecular formula is C28H30ClN3O4S. The Morgan fingerprint density at radius 2 is 1.70 bits per heavy atom. The molecule has 0 saturated carbocycles. The molecular weight excluding hydrogens is 510 g/mol. The number of rotatable bonds is 9. The molecule has 2 heterocycles. The fourth-order valence-electron chi connectivity index (χ4n) is 4.14. The van der Waals surface area contributed by atoms with Crippen LogP contribution in [0.25, 0.3) is 10.2 Å². The van der Waals surface area contributed by atoms with Crippen molar-refractivity contribution in [2.24, 2.45) is 0 Å². The molecule has 5 rings (SSSR count). The Morgan fingerprint density at radius 3 is 2.43 bits per heavy atom. The number of nitrogens with zero attached hydrogens (tertiary/aromatic N) is 3. The number of benzene rings is 3. The molecule has 0 unspecified atom stereocenters. The van der Waals surface area contributed by atoms with E-state index in [4.69, 9.17) is 19.2 Å². The number of anilines is 1. The van der Waals surface area contributed by atoms with Gasteiger partial charge in [-0.25, -0.2) is 4.98 Å². The topological polar surface area (TPSA) is 64.1 Å². The van der Waals surface area contributed by atoms with Gasteiger partial charge in [-0.05, 0) is 55.0 Å². The maximum Gasteiger partial charge on any atom is 0.260 e. The number of para-hydroxylation sites is 1. The molecule has 0 N–H and O–H groups in total. The Hall–Kier alpha value is -3.17. The molecule has 7 nitrogen and oxygen atoms in total. The summed E-state index contributed by atoms with van der Waals surface area (Å²) in [5.41, 5.74) is 1.42. The highest BCUT2D eigenvalue weighted by Crippen LogP contribution is 2.32. The summed E-state index contributed by atoms with van der Waals surface area (Å²) in [7, 11) is 1.64. The lowest BCUT2D eigenvalue weighted by Gasteiger charge is -2.27. The highest BCUT2D eigenvalue weighted by molar-refractivity contribution is 7.22. The van der Waals surface area contributed by atoms with Crippen LogP contribution < -0.4 is 14.4 Å². The third-order valence-corrected chi connectivity index (χ3v) is 7.16. The van der Waals surface area contributed by atoms with Gasteiger partial charge >= 0.3 is 0 Å². The van der Waals surface area contributed by atoms with Gasteiger partial charge in [0.15, 0.2) is 5.13 Å². The summed E-state index contributed by atoms with van der Waals surface area (Å²) in [4.78, 5) is 22.7. The molecule has 1 fully saturated rings. The second kappa shape index (κ2) is 12.9. The van der Waals surface area contributed by atoms with Gasteiger partial charge in [0.1, 0.15) is 17.2 Å². The van der Waals surface area contributed by atoms with E-state index in [9.17, 15) is 4.79 Å². The van der Waals surface area contributed by atoms with Gasteiger partial charge in [0, 0.05) is 37.8 Å². The maximum absolute atomic E-state index is 13.7. The summed E-state index contributed by atoms with van der Waals surface area (Å²) in [6.45, 7) is 4.88. The molecule has 37 heavy (non-hydrogen) atoms. The van der Waals surface area contributed by atoms with Gasteiger partial charge in [0.25, 0.3) is 5.91 Å². The van der Waals surface area contributed by atoms with Crippen molar-refractivity contribution >= 4 is 45.0 Å². The van der Waals surface area contributed by atoms with Crippen molar-refractivity contribution in [2.75, 3.05) is 51.4 Å². The predicted octanol–water partition coefficient (Wildman–Crippen LogP) is 5.89. The number of ether oxygens (including phenoxy) is 3. The second-order valence-corrected chi connectivity index (χ2v) is 9.54. The van der Waals surface area contributed by atoms with Crippen molar-refractivity contribution in [3.63, 3.8) is 0 Å². The van der Waals surface area contributed by atoms with Crippen LogP contribution >= 0.6 is 23.7 Å². The molecule has 3 aromatic carbocycles. The molecule has 0 atom stereocenters. The van der Waals surface area contributed by atoms with E-state index in [1.807, 2.05) is 72.8 Å². The SMILES string of the molecule is COc1ccc2sc(N(CCCN3CCOCC3)C(=O)c3ccc(Oc4ccccc4)cc3)nc2c1.Cl. The number of halogens is 1. The lowest BCUT2D eigenvalue weighted by Crippen LogP contribution is -2.39. The van der Waals surface area contributed by atoms with Crippen LogP contribution in [0.1, 0.15) is 16.8 Å². The van der Waals surface area contributed by atoms with Crippen LogP contribution in [0.4, 0.5) is 5.13 Å². The minimum Gasteiger partial charge on any atom is -0.497 e. The first-order valence-corrected chi connectivity index (χ1v) is 12.9. The smallest absolute Gasteiger partial charge is 0.260 e. The summed E-state index contributed by atoms with van der Waals surface area (Å²) in [5, 5.41) is 0.690. The van der Waals surface area contributed by atoms with Crippen molar-refractivity contribution in [1.82, 2.24) is 9.88 Å². The first-order chi connectivity index (χ1) is 17.7. The summed E-state index contributed by atoms with van der Waals surface area (Å²) in [6.07, 6.45) is 0.847. The van der Waals surface area contributed by atoms with Crippen LogP contribution in [0.3, 0.4) is 0 Å². The Bertz CT molecular complexity index is 1290. The van der Waals surface area contributed by atoms with Gasteiger partial charge in [-0.15, -0.1) is 12.4 Å². The lowest BCUT2D eigenvalue weighted by molar-refractivity contribution is 0.0376. The minimum atomic E-state index is -0.0748. The van der Waals surface area contributed by atoms with E-state index in [0.29, 0.717) is 23.0 Å².